The van der Waals surface area contributed by atoms with E-state index in [9.17, 15) is 0 Å². The Morgan fingerprint density at radius 3 is 2.22 bits per heavy atom. The van der Waals surface area contributed by atoms with E-state index >= 15 is 0 Å². The summed E-state index contributed by atoms with van der Waals surface area (Å²) in [5, 5.41) is 0. The molecule has 0 N–H and O–H groups in total. The Bertz CT molecular complexity index is 588. The Balaban J connectivity index is 2.21. The second kappa shape index (κ2) is 4.37. The van der Waals surface area contributed by atoms with E-state index in [2.05, 4.69) is 36.4 Å². The van der Waals surface area contributed by atoms with Crippen LogP contribution < -0.4 is 9.47 Å². The third-order valence-corrected chi connectivity index (χ3v) is 3.58. The summed E-state index contributed by atoms with van der Waals surface area (Å²) in [4.78, 5) is 0. The minimum absolute atomic E-state index is 0.799. The van der Waals surface area contributed by atoms with Crippen molar-refractivity contribution in [2.75, 3.05) is 14.2 Å². The van der Waals surface area contributed by atoms with Gasteiger partial charge in [-0.25, -0.2) is 0 Å². The zero-order valence-corrected chi connectivity index (χ0v) is 10.7. The highest BCUT2D eigenvalue weighted by Crippen LogP contribution is 2.40. The van der Waals surface area contributed by atoms with Crippen LogP contribution in [0.25, 0.3) is 11.1 Å². The molecule has 92 valence electrons. The first-order valence-corrected chi connectivity index (χ1v) is 6.16. The summed E-state index contributed by atoms with van der Waals surface area (Å²) in [5.74, 6) is 1.61. The van der Waals surface area contributed by atoms with Gasteiger partial charge in [0.05, 0.1) is 14.2 Å². The number of benzene rings is 2. The van der Waals surface area contributed by atoms with Crippen molar-refractivity contribution >= 4 is 0 Å². The van der Waals surface area contributed by atoms with E-state index in [0.717, 1.165) is 24.3 Å². The Morgan fingerprint density at radius 2 is 1.44 bits per heavy atom. The van der Waals surface area contributed by atoms with Gasteiger partial charge in [-0.05, 0) is 47.2 Å². The molecule has 0 amide bonds. The minimum atomic E-state index is 0.799. The topological polar surface area (TPSA) is 18.5 Å². The summed E-state index contributed by atoms with van der Waals surface area (Å²) < 4.78 is 10.8. The van der Waals surface area contributed by atoms with Gasteiger partial charge in [-0.3, -0.25) is 0 Å². The Kier molecular flexibility index (Phi) is 2.71. The van der Waals surface area contributed by atoms with E-state index in [1.807, 2.05) is 0 Å². The summed E-state index contributed by atoms with van der Waals surface area (Å²) in [5.41, 5.74) is 5.35. The lowest BCUT2D eigenvalue weighted by Crippen LogP contribution is -2.05. The van der Waals surface area contributed by atoms with Gasteiger partial charge in [0.15, 0.2) is 11.5 Å². The van der Waals surface area contributed by atoms with Crippen molar-refractivity contribution in [2.45, 2.75) is 12.8 Å². The first kappa shape index (κ1) is 11.1. The van der Waals surface area contributed by atoms with E-state index in [0.29, 0.717) is 0 Å². The molecule has 0 fully saturated rings. The highest BCUT2D eigenvalue weighted by atomic mass is 16.5. The molecule has 0 unspecified atom stereocenters. The summed E-state index contributed by atoms with van der Waals surface area (Å²) >= 11 is 0. The maximum absolute atomic E-state index is 5.39. The standard InChI is InChI=1S/C16H16O2/c1-17-15-9-12-8-7-11-5-3-4-6-13(11)14(12)10-16(15)18-2/h3-6,9-10H,7-8H2,1-2H3. The Morgan fingerprint density at radius 1 is 0.778 bits per heavy atom. The fourth-order valence-corrected chi connectivity index (χ4v) is 2.65. The third-order valence-electron chi connectivity index (χ3n) is 3.58. The van der Waals surface area contributed by atoms with Gasteiger partial charge in [-0.1, -0.05) is 24.3 Å². The van der Waals surface area contributed by atoms with E-state index in [1.54, 1.807) is 14.2 Å². The van der Waals surface area contributed by atoms with E-state index < -0.39 is 0 Å². The van der Waals surface area contributed by atoms with Crippen molar-refractivity contribution in [2.24, 2.45) is 0 Å². The largest absolute Gasteiger partial charge is 0.493 e. The average Bonchev–Trinajstić information content (AvgIpc) is 2.45. The molecule has 2 heteroatoms. The van der Waals surface area contributed by atoms with Crippen molar-refractivity contribution < 1.29 is 9.47 Å². The first-order chi connectivity index (χ1) is 8.83. The van der Waals surface area contributed by atoms with E-state index in [-0.39, 0.29) is 0 Å². The summed E-state index contributed by atoms with van der Waals surface area (Å²) in [6.07, 6.45) is 2.16. The molecule has 0 atom stereocenters. The van der Waals surface area contributed by atoms with Crippen molar-refractivity contribution in [3.8, 4) is 22.6 Å². The molecule has 0 heterocycles. The predicted molar refractivity (Wildman–Crippen MR) is 72.4 cm³/mol. The zero-order valence-electron chi connectivity index (χ0n) is 10.7. The van der Waals surface area contributed by atoms with Crippen molar-refractivity contribution in [3.05, 3.63) is 47.5 Å². The van der Waals surface area contributed by atoms with Gasteiger partial charge in [0, 0.05) is 0 Å². The number of methoxy groups -OCH3 is 2. The number of aryl methyl sites for hydroxylation is 2. The molecule has 0 saturated carbocycles. The smallest absolute Gasteiger partial charge is 0.161 e. The van der Waals surface area contributed by atoms with Crippen molar-refractivity contribution in [3.63, 3.8) is 0 Å². The molecule has 1 aliphatic carbocycles. The number of fused-ring (bicyclic) bond motifs is 3. The predicted octanol–water partition coefficient (Wildman–Crippen LogP) is 3.47. The lowest BCUT2D eigenvalue weighted by atomic mass is 9.85. The van der Waals surface area contributed by atoms with Crippen molar-refractivity contribution in [1.82, 2.24) is 0 Å². The van der Waals surface area contributed by atoms with Gasteiger partial charge in [-0.15, -0.1) is 0 Å². The molecule has 0 aromatic heterocycles. The third kappa shape index (κ3) is 1.65. The van der Waals surface area contributed by atoms with Crippen LogP contribution >= 0.6 is 0 Å². The number of hydrogen-bond acceptors (Lipinski definition) is 2. The first-order valence-electron chi connectivity index (χ1n) is 6.16. The van der Waals surface area contributed by atoms with Gasteiger partial charge >= 0.3 is 0 Å². The van der Waals surface area contributed by atoms with Crippen LogP contribution in [-0.4, -0.2) is 14.2 Å². The molecule has 0 radical (unpaired) electrons. The Labute approximate surface area is 107 Å². The monoisotopic (exact) mass is 240 g/mol. The molecule has 2 nitrogen and oxygen atoms in total. The van der Waals surface area contributed by atoms with Crippen molar-refractivity contribution in [1.29, 1.82) is 0 Å². The summed E-state index contributed by atoms with van der Waals surface area (Å²) in [7, 11) is 3.36. The Hall–Kier alpha value is -1.96. The van der Waals surface area contributed by atoms with Gasteiger partial charge < -0.3 is 9.47 Å². The molecular formula is C16H16O2. The normalized spacial score (nSPS) is 12.6. The zero-order chi connectivity index (χ0) is 12.5. The summed E-state index contributed by atoms with van der Waals surface area (Å²) in [6.45, 7) is 0. The highest BCUT2D eigenvalue weighted by molar-refractivity contribution is 5.75. The quantitative estimate of drug-likeness (QED) is 0.800. The van der Waals surface area contributed by atoms with E-state index in [1.165, 1.54) is 22.3 Å². The molecule has 0 aliphatic heterocycles. The van der Waals surface area contributed by atoms with Gasteiger partial charge in [0.1, 0.15) is 0 Å². The van der Waals surface area contributed by atoms with Crippen LogP contribution in [0, 0.1) is 0 Å². The minimum Gasteiger partial charge on any atom is -0.493 e. The summed E-state index contributed by atoms with van der Waals surface area (Å²) in [6, 6.07) is 12.8. The van der Waals surface area contributed by atoms with Crippen LogP contribution in [0.2, 0.25) is 0 Å². The van der Waals surface area contributed by atoms with Gasteiger partial charge in [0.2, 0.25) is 0 Å². The second-order valence-electron chi connectivity index (χ2n) is 4.52. The van der Waals surface area contributed by atoms with Gasteiger partial charge in [0.25, 0.3) is 0 Å². The molecule has 1 aliphatic rings. The molecule has 2 aromatic rings. The molecule has 0 saturated heterocycles. The average molecular weight is 240 g/mol. The van der Waals surface area contributed by atoms with Crippen LogP contribution in [0.1, 0.15) is 11.1 Å². The molecule has 2 aromatic carbocycles. The van der Waals surface area contributed by atoms with Crippen LogP contribution in [0.5, 0.6) is 11.5 Å². The van der Waals surface area contributed by atoms with Crippen LogP contribution in [-0.2, 0) is 12.8 Å². The molecule has 0 bridgehead atoms. The lowest BCUT2D eigenvalue weighted by Gasteiger charge is -2.21. The number of hydrogen-bond donors (Lipinski definition) is 0. The molecular weight excluding hydrogens is 224 g/mol. The van der Waals surface area contributed by atoms with Crippen LogP contribution in [0.15, 0.2) is 36.4 Å². The fourth-order valence-electron chi connectivity index (χ4n) is 2.65. The second-order valence-corrected chi connectivity index (χ2v) is 4.52. The molecule has 0 spiro atoms. The fraction of sp³-hybridized carbons (Fsp3) is 0.250. The highest BCUT2D eigenvalue weighted by Gasteiger charge is 2.18. The molecule has 18 heavy (non-hydrogen) atoms. The lowest BCUT2D eigenvalue weighted by molar-refractivity contribution is 0.354. The van der Waals surface area contributed by atoms with Crippen LogP contribution in [0.3, 0.4) is 0 Å². The maximum Gasteiger partial charge on any atom is 0.161 e. The van der Waals surface area contributed by atoms with Crippen LogP contribution in [0.4, 0.5) is 0 Å². The number of ether oxygens (including phenoxy) is 2. The SMILES string of the molecule is COc1cc2c(cc1OC)-c1ccccc1CC2. The number of rotatable bonds is 2. The molecule has 3 rings (SSSR count). The van der Waals surface area contributed by atoms with E-state index in [4.69, 9.17) is 9.47 Å². The van der Waals surface area contributed by atoms with Gasteiger partial charge in [-0.2, -0.15) is 0 Å². The maximum atomic E-state index is 5.39.